The summed E-state index contributed by atoms with van der Waals surface area (Å²) in [4.78, 5) is 2.73. The standard InChI is InChI=1S/C14H18ClN3O3S3/c1-17(7-11-2-3-12(15)23-11)9-18-14(22)21-13(16-18)6-10-4-5-24(19,20)8-10/h2-3,10H,4-9H2,1H3/p+1/t10-/m1/s1. The molecule has 0 spiro atoms. The fourth-order valence-electron chi connectivity index (χ4n) is 2.87. The van der Waals surface area contributed by atoms with E-state index in [1.807, 2.05) is 19.2 Å². The first-order valence-corrected chi connectivity index (χ1v) is 11.1. The lowest BCUT2D eigenvalue weighted by Crippen LogP contribution is -3.06. The van der Waals surface area contributed by atoms with Crippen LogP contribution in [-0.2, 0) is 29.5 Å². The van der Waals surface area contributed by atoms with E-state index in [9.17, 15) is 8.42 Å². The topological polar surface area (TPSA) is 69.5 Å². The summed E-state index contributed by atoms with van der Waals surface area (Å²) in [6, 6.07) is 3.91. The molecule has 1 saturated heterocycles. The van der Waals surface area contributed by atoms with E-state index in [1.54, 1.807) is 16.0 Å². The van der Waals surface area contributed by atoms with Gasteiger partial charge in [-0.25, -0.2) is 8.42 Å². The van der Waals surface area contributed by atoms with Gasteiger partial charge in [0.15, 0.2) is 16.5 Å². The van der Waals surface area contributed by atoms with Gasteiger partial charge in [-0.15, -0.1) is 16.4 Å². The van der Waals surface area contributed by atoms with Gasteiger partial charge in [-0.05, 0) is 36.7 Å². The van der Waals surface area contributed by atoms with Gasteiger partial charge in [-0.1, -0.05) is 11.6 Å². The van der Waals surface area contributed by atoms with Crippen LogP contribution < -0.4 is 4.90 Å². The molecule has 1 N–H and O–H groups in total. The predicted molar refractivity (Wildman–Crippen MR) is 95.7 cm³/mol. The molecule has 24 heavy (non-hydrogen) atoms. The molecule has 3 rings (SSSR count). The van der Waals surface area contributed by atoms with E-state index < -0.39 is 9.84 Å². The number of sulfone groups is 1. The van der Waals surface area contributed by atoms with Crippen LogP contribution in [0.25, 0.3) is 0 Å². The van der Waals surface area contributed by atoms with Gasteiger partial charge >= 0.3 is 0 Å². The first-order valence-electron chi connectivity index (χ1n) is 7.63. The van der Waals surface area contributed by atoms with Gasteiger partial charge in [-0.3, -0.25) is 0 Å². The van der Waals surface area contributed by atoms with Gasteiger partial charge in [0, 0.05) is 6.42 Å². The van der Waals surface area contributed by atoms with Crippen LogP contribution in [0.5, 0.6) is 0 Å². The van der Waals surface area contributed by atoms with Gasteiger partial charge in [0.25, 0.3) is 4.84 Å². The predicted octanol–water partition coefficient (Wildman–Crippen LogP) is 1.57. The number of hydrogen-bond donors (Lipinski definition) is 1. The lowest BCUT2D eigenvalue weighted by atomic mass is 10.1. The molecule has 1 fully saturated rings. The molecular formula is C14H19ClN3O3S3+. The molecule has 132 valence electrons. The van der Waals surface area contributed by atoms with Crippen molar-refractivity contribution < 1.29 is 17.7 Å². The minimum Gasteiger partial charge on any atom is -0.414 e. The number of nitrogens with zero attached hydrogens (tertiary/aromatic N) is 2. The molecule has 2 atom stereocenters. The average Bonchev–Trinajstić information content (AvgIpc) is 3.12. The van der Waals surface area contributed by atoms with Gasteiger partial charge in [0.05, 0.1) is 27.8 Å². The van der Waals surface area contributed by atoms with Crippen molar-refractivity contribution in [1.29, 1.82) is 0 Å². The zero-order valence-electron chi connectivity index (χ0n) is 13.2. The normalized spacial score (nSPS) is 21.2. The summed E-state index contributed by atoms with van der Waals surface area (Å²) in [5.74, 6) is 1.07. The smallest absolute Gasteiger partial charge is 0.291 e. The Bertz CT molecular complexity index is 871. The fraction of sp³-hybridized carbons (Fsp3) is 0.571. The molecule has 6 nitrogen and oxygen atoms in total. The molecule has 2 aromatic rings. The summed E-state index contributed by atoms with van der Waals surface area (Å²) in [7, 11) is -0.838. The second-order valence-electron chi connectivity index (χ2n) is 6.23. The maximum Gasteiger partial charge on any atom is 0.291 e. The van der Waals surface area contributed by atoms with Crippen LogP contribution in [0, 0.1) is 10.8 Å². The van der Waals surface area contributed by atoms with Crippen molar-refractivity contribution in [2.75, 3.05) is 18.6 Å². The first kappa shape index (κ1) is 18.1. The number of aromatic nitrogens is 2. The number of nitrogens with one attached hydrogen (secondary N) is 1. The second-order valence-corrected chi connectivity index (χ2v) is 10.6. The Morgan fingerprint density at radius 3 is 2.96 bits per heavy atom. The Labute approximate surface area is 155 Å². The molecule has 1 aliphatic heterocycles. The molecule has 1 unspecified atom stereocenters. The molecule has 0 bridgehead atoms. The molecular weight excluding hydrogens is 390 g/mol. The van der Waals surface area contributed by atoms with E-state index >= 15 is 0 Å². The summed E-state index contributed by atoms with van der Waals surface area (Å²) >= 11 is 12.7. The van der Waals surface area contributed by atoms with Gasteiger partial charge in [0.1, 0.15) is 6.54 Å². The number of quaternary nitrogens is 1. The SMILES string of the molecule is C[NH+](Cc1ccc(Cl)s1)Cn1nc(C[C@H]2CCS(=O)(=O)C2)oc1=S. The number of thiophene rings is 1. The monoisotopic (exact) mass is 408 g/mol. The minimum absolute atomic E-state index is 0.0786. The summed E-state index contributed by atoms with van der Waals surface area (Å²) in [5, 5.41) is 4.42. The maximum absolute atomic E-state index is 11.5. The third-order valence-corrected chi connectivity index (χ3v) is 7.32. The number of rotatable bonds is 6. The van der Waals surface area contributed by atoms with Crippen LogP contribution in [0.15, 0.2) is 16.5 Å². The van der Waals surface area contributed by atoms with Crippen LogP contribution in [0.4, 0.5) is 0 Å². The Morgan fingerprint density at radius 1 is 1.54 bits per heavy atom. The molecule has 1 aliphatic rings. The molecule has 10 heteroatoms. The maximum atomic E-state index is 11.5. The summed E-state index contributed by atoms with van der Waals surface area (Å²) in [6.07, 6.45) is 1.19. The van der Waals surface area contributed by atoms with Gasteiger partial charge in [-0.2, -0.15) is 4.68 Å². The van der Waals surface area contributed by atoms with Crippen LogP contribution in [-0.4, -0.2) is 36.8 Å². The Kier molecular flexibility index (Phi) is 5.45. The van der Waals surface area contributed by atoms with Crippen molar-refractivity contribution in [2.45, 2.75) is 26.1 Å². The van der Waals surface area contributed by atoms with Crippen LogP contribution in [0.3, 0.4) is 0 Å². The van der Waals surface area contributed by atoms with E-state index in [0.29, 0.717) is 30.2 Å². The number of hydrogen-bond acceptors (Lipinski definition) is 6. The van der Waals surface area contributed by atoms with Crippen molar-refractivity contribution >= 4 is 45.0 Å². The first-order chi connectivity index (χ1) is 11.3. The quantitative estimate of drug-likeness (QED) is 0.735. The molecule has 0 aliphatic carbocycles. The minimum atomic E-state index is -2.89. The molecule has 2 aromatic heterocycles. The summed E-state index contributed by atoms with van der Waals surface area (Å²) in [5.41, 5.74) is 0. The van der Waals surface area contributed by atoms with Crippen LogP contribution in [0.2, 0.25) is 4.34 Å². The summed E-state index contributed by atoms with van der Waals surface area (Å²) in [6.45, 7) is 1.41. The fourth-order valence-corrected chi connectivity index (χ4v) is 6.13. The highest BCUT2D eigenvalue weighted by Crippen LogP contribution is 2.22. The highest BCUT2D eigenvalue weighted by molar-refractivity contribution is 7.91. The van der Waals surface area contributed by atoms with Crippen LogP contribution >= 0.6 is 35.2 Å². The zero-order valence-corrected chi connectivity index (χ0v) is 16.4. The van der Waals surface area contributed by atoms with Crippen molar-refractivity contribution in [2.24, 2.45) is 5.92 Å². The number of halogens is 1. The lowest BCUT2D eigenvalue weighted by molar-refractivity contribution is -0.917. The molecule has 0 amide bonds. The van der Waals surface area contributed by atoms with Crippen molar-refractivity contribution in [3.8, 4) is 0 Å². The van der Waals surface area contributed by atoms with Gasteiger partial charge in [0.2, 0.25) is 5.89 Å². The highest BCUT2D eigenvalue weighted by atomic mass is 35.5. The summed E-state index contributed by atoms with van der Waals surface area (Å²) < 4.78 is 31.1. The Balaban J connectivity index is 1.60. The second kappa shape index (κ2) is 7.25. The van der Waals surface area contributed by atoms with E-state index in [4.69, 9.17) is 28.2 Å². The van der Waals surface area contributed by atoms with E-state index in [2.05, 4.69) is 5.10 Å². The van der Waals surface area contributed by atoms with Crippen molar-refractivity contribution in [1.82, 2.24) is 9.78 Å². The molecule has 0 radical (unpaired) electrons. The van der Waals surface area contributed by atoms with E-state index in [0.717, 1.165) is 10.9 Å². The molecule has 3 heterocycles. The van der Waals surface area contributed by atoms with Crippen molar-refractivity contribution in [3.05, 3.63) is 32.1 Å². The van der Waals surface area contributed by atoms with E-state index in [-0.39, 0.29) is 17.4 Å². The Morgan fingerprint density at radius 2 is 2.33 bits per heavy atom. The molecule has 0 saturated carbocycles. The average molecular weight is 409 g/mol. The third-order valence-electron chi connectivity index (χ3n) is 3.96. The highest BCUT2D eigenvalue weighted by Gasteiger charge is 2.29. The zero-order chi connectivity index (χ0) is 17.3. The van der Waals surface area contributed by atoms with Crippen molar-refractivity contribution in [3.63, 3.8) is 0 Å². The van der Waals surface area contributed by atoms with Crippen LogP contribution in [0.1, 0.15) is 17.2 Å². The largest absolute Gasteiger partial charge is 0.414 e. The molecule has 0 aromatic carbocycles. The lowest BCUT2D eigenvalue weighted by Gasteiger charge is -2.11. The Hall–Kier alpha value is -0.740. The third kappa shape index (κ3) is 4.66. The van der Waals surface area contributed by atoms with Gasteiger partial charge < -0.3 is 9.32 Å². The van der Waals surface area contributed by atoms with E-state index in [1.165, 1.54) is 9.78 Å².